The summed E-state index contributed by atoms with van der Waals surface area (Å²) in [6.45, 7) is 6.27. The van der Waals surface area contributed by atoms with E-state index in [4.69, 9.17) is 0 Å². The van der Waals surface area contributed by atoms with Crippen LogP contribution in [-0.2, 0) is 16.0 Å². The van der Waals surface area contributed by atoms with E-state index in [1.807, 2.05) is 18.2 Å². The predicted octanol–water partition coefficient (Wildman–Crippen LogP) is 2.13. The minimum absolute atomic E-state index is 0.00106. The molecule has 1 aliphatic rings. The number of hydrogen-bond acceptors (Lipinski definition) is 2. The topological polar surface area (TPSA) is 49.4 Å². The molecule has 1 aromatic rings. The van der Waals surface area contributed by atoms with Gasteiger partial charge in [0.15, 0.2) is 0 Å². The Labute approximate surface area is 120 Å². The fraction of sp³-hybridized carbons (Fsp3) is 0.500. The van der Waals surface area contributed by atoms with E-state index in [2.05, 4.69) is 25.2 Å². The first kappa shape index (κ1) is 14.6. The highest BCUT2D eigenvalue weighted by Crippen LogP contribution is 2.28. The fourth-order valence-corrected chi connectivity index (χ4v) is 2.69. The normalized spacial score (nSPS) is 15.1. The van der Waals surface area contributed by atoms with Crippen molar-refractivity contribution in [3.63, 3.8) is 0 Å². The molecular formula is C16H22N2O2. The number of carbonyl (C=O) groups excluding carboxylic acids is 2. The molecule has 4 nitrogen and oxygen atoms in total. The van der Waals surface area contributed by atoms with Crippen molar-refractivity contribution >= 4 is 17.5 Å². The second kappa shape index (κ2) is 6.07. The molecule has 4 heteroatoms. The number of nitrogens with zero attached hydrogens (tertiary/aromatic N) is 1. The van der Waals surface area contributed by atoms with E-state index in [9.17, 15) is 9.59 Å². The highest BCUT2D eigenvalue weighted by atomic mass is 16.2. The first-order valence-electron chi connectivity index (χ1n) is 7.15. The third-order valence-electron chi connectivity index (χ3n) is 3.54. The lowest BCUT2D eigenvalue weighted by Crippen LogP contribution is -2.48. The molecule has 0 radical (unpaired) electrons. The summed E-state index contributed by atoms with van der Waals surface area (Å²) in [5, 5.41) is 2.79. The molecule has 0 fully saturated rings. The number of hydrogen-bond donors (Lipinski definition) is 1. The van der Waals surface area contributed by atoms with E-state index in [0.29, 0.717) is 18.9 Å². The third-order valence-corrected chi connectivity index (χ3v) is 3.54. The molecule has 0 spiro atoms. The molecule has 1 atom stereocenters. The molecule has 0 aromatic heterocycles. The van der Waals surface area contributed by atoms with Crippen molar-refractivity contribution in [3.8, 4) is 0 Å². The van der Waals surface area contributed by atoms with Crippen molar-refractivity contribution in [3.05, 3.63) is 29.8 Å². The van der Waals surface area contributed by atoms with Crippen LogP contribution in [0.2, 0.25) is 0 Å². The van der Waals surface area contributed by atoms with Crippen molar-refractivity contribution in [2.75, 3.05) is 11.4 Å². The molecule has 0 bridgehead atoms. The monoisotopic (exact) mass is 274 g/mol. The van der Waals surface area contributed by atoms with Gasteiger partial charge in [0.2, 0.25) is 11.8 Å². The molecule has 1 N–H and O–H groups in total. The van der Waals surface area contributed by atoms with E-state index in [0.717, 1.165) is 12.1 Å². The Kier molecular flexibility index (Phi) is 4.42. The summed E-state index contributed by atoms with van der Waals surface area (Å²) in [5.41, 5.74) is 2.18. The van der Waals surface area contributed by atoms with Crippen LogP contribution in [0.1, 0.15) is 32.8 Å². The van der Waals surface area contributed by atoms with Gasteiger partial charge in [-0.25, -0.2) is 0 Å². The zero-order chi connectivity index (χ0) is 14.7. The molecule has 20 heavy (non-hydrogen) atoms. The first-order chi connectivity index (χ1) is 9.49. The van der Waals surface area contributed by atoms with E-state index in [1.165, 1.54) is 12.5 Å². The summed E-state index contributed by atoms with van der Waals surface area (Å²) in [6.07, 6.45) is 1.55. The summed E-state index contributed by atoms with van der Waals surface area (Å²) >= 11 is 0. The van der Waals surface area contributed by atoms with Crippen molar-refractivity contribution < 1.29 is 9.59 Å². The van der Waals surface area contributed by atoms with Crippen molar-refractivity contribution in [2.45, 2.75) is 39.7 Å². The third kappa shape index (κ3) is 3.18. The lowest BCUT2D eigenvalue weighted by atomic mass is 10.0. The average Bonchev–Trinajstić information content (AvgIpc) is 2.79. The highest BCUT2D eigenvalue weighted by molar-refractivity contribution is 6.00. The SMILES string of the molecule is CC(=O)N[C@@H](CC(C)C)C(=O)N1CCc2ccccc21. The molecule has 1 heterocycles. The van der Waals surface area contributed by atoms with Gasteiger partial charge in [-0.2, -0.15) is 0 Å². The molecule has 0 saturated heterocycles. The fourth-order valence-electron chi connectivity index (χ4n) is 2.69. The Hall–Kier alpha value is -1.84. The van der Waals surface area contributed by atoms with Gasteiger partial charge in [-0.3, -0.25) is 9.59 Å². The number of fused-ring (bicyclic) bond motifs is 1. The highest BCUT2D eigenvalue weighted by Gasteiger charge is 2.30. The van der Waals surface area contributed by atoms with Crippen LogP contribution in [0.5, 0.6) is 0 Å². The van der Waals surface area contributed by atoms with Crippen LogP contribution in [0.15, 0.2) is 24.3 Å². The lowest BCUT2D eigenvalue weighted by molar-refractivity contribution is -0.126. The Bertz CT molecular complexity index is 511. The molecular weight excluding hydrogens is 252 g/mol. The van der Waals surface area contributed by atoms with Gasteiger partial charge in [0.1, 0.15) is 6.04 Å². The molecule has 1 aromatic carbocycles. The maximum absolute atomic E-state index is 12.7. The second-order valence-electron chi connectivity index (χ2n) is 5.75. The van der Waals surface area contributed by atoms with E-state index in [-0.39, 0.29) is 11.8 Å². The number of anilines is 1. The van der Waals surface area contributed by atoms with Crippen LogP contribution in [0, 0.1) is 5.92 Å². The van der Waals surface area contributed by atoms with Gasteiger partial charge >= 0.3 is 0 Å². The number of carbonyl (C=O) groups is 2. The molecule has 1 aliphatic heterocycles. The Morgan fingerprint density at radius 1 is 1.30 bits per heavy atom. The minimum atomic E-state index is -0.432. The van der Waals surface area contributed by atoms with Gasteiger partial charge in [0.25, 0.3) is 0 Å². The predicted molar refractivity (Wildman–Crippen MR) is 79.6 cm³/mol. The molecule has 2 amide bonds. The molecule has 2 rings (SSSR count). The standard InChI is InChI=1S/C16H22N2O2/c1-11(2)10-14(17-12(3)19)16(20)18-9-8-13-6-4-5-7-15(13)18/h4-7,11,14H,8-10H2,1-3H3,(H,17,19)/t14-/m0/s1. The minimum Gasteiger partial charge on any atom is -0.345 e. The van der Waals surface area contributed by atoms with Crippen LogP contribution in [0.25, 0.3) is 0 Å². The number of para-hydroxylation sites is 1. The summed E-state index contributed by atoms with van der Waals surface area (Å²) in [4.78, 5) is 25.8. The van der Waals surface area contributed by atoms with Crippen molar-refractivity contribution in [2.24, 2.45) is 5.92 Å². The quantitative estimate of drug-likeness (QED) is 0.914. The van der Waals surface area contributed by atoms with E-state index in [1.54, 1.807) is 4.90 Å². The second-order valence-corrected chi connectivity index (χ2v) is 5.75. The van der Waals surface area contributed by atoms with Gasteiger partial charge < -0.3 is 10.2 Å². The zero-order valence-electron chi connectivity index (χ0n) is 12.3. The van der Waals surface area contributed by atoms with Crippen molar-refractivity contribution in [1.82, 2.24) is 5.32 Å². The van der Waals surface area contributed by atoms with Crippen LogP contribution in [0.4, 0.5) is 5.69 Å². The van der Waals surface area contributed by atoms with E-state index < -0.39 is 6.04 Å². The summed E-state index contributed by atoms with van der Waals surface area (Å²) in [6, 6.07) is 7.53. The van der Waals surface area contributed by atoms with Gasteiger partial charge in [0.05, 0.1) is 0 Å². The van der Waals surface area contributed by atoms with Gasteiger partial charge in [0, 0.05) is 19.2 Å². The molecule has 0 aliphatic carbocycles. The molecule has 108 valence electrons. The molecule has 0 unspecified atom stereocenters. The Balaban J connectivity index is 2.18. The van der Waals surface area contributed by atoms with Gasteiger partial charge in [-0.05, 0) is 30.4 Å². The van der Waals surface area contributed by atoms with Crippen LogP contribution >= 0.6 is 0 Å². The first-order valence-corrected chi connectivity index (χ1v) is 7.15. The number of benzene rings is 1. The van der Waals surface area contributed by atoms with Crippen molar-refractivity contribution in [1.29, 1.82) is 0 Å². The number of rotatable bonds is 4. The Morgan fingerprint density at radius 2 is 2.00 bits per heavy atom. The maximum atomic E-state index is 12.7. The average molecular weight is 274 g/mol. The largest absolute Gasteiger partial charge is 0.345 e. The molecule has 0 saturated carbocycles. The Morgan fingerprint density at radius 3 is 2.65 bits per heavy atom. The van der Waals surface area contributed by atoms with Crippen LogP contribution in [0.3, 0.4) is 0 Å². The summed E-state index contributed by atoms with van der Waals surface area (Å²) < 4.78 is 0. The lowest BCUT2D eigenvalue weighted by Gasteiger charge is -2.25. The van der Waals surface area contributed by atoms with Crippen LogP contribution in [-0.4, -0.2) is 24.4 Å². The van der Waals surface area contributed by atoms with Crippen LogP contribution < -0.4 is 10.2 Å². The van der Waals surface area contributed by atoms with Gasteiger partial charge in [-0.1, -0.05) is 32.0 Å². The zero-order valence-corrected chi connectivity index (χ0v) is 12.3. The summed E-state index contributed by atoms with van der Waals surface area (Å²) in [7, 11) is 0. The summed E-state index contributed by atoms with van der Waals surface area (Å²) in [5.74, 6) is 0.198. The number of amides is 2. The maximum Gasteiger partial charge on any atom is 0.249 e. The van der Waals surface area contributed by atoms with Gasteiger partial charge in [-0.15, -0.1) is 0 Å². The number of nitrogens with one attached hydrogen (secondary N) is 1. The van der Waals surface area contributed by atoms with E-state index >= 15 is 0 Å². The smallest absolute Gasteiger partial charge is 0.249 e.